The Kier molecular flexibility index (Phi) is 3.93. The molecule has 0 aliphatic heterocycles. The van der Waals surface area contributed by atoms with E-state index in [0.29, 0.717) is 6.61 Å². The van der Waals surface area contributed by atoms with Crippen LogP contribution >= 0.6 is 11.3 Å². The minimum Gasteiger partial charge on any atom is -0.492 e. The average Bonchev–Trinajstić information content (AvgIpc) is 2.76. The molecule has 0 saturated heterocycles. The Morgan fingerprint density at radius 3 is 3.00 bits per heavy atom. The zero-order valence-electron chi connectivity index (χ0n) is 9.93. The average molecular weight is 249 g/mol. The van der Waals surface area contributed by atoms with Crippen LogP contribution in [0.3, 0.4) is 0 Å². The second-order valence-electron chi connectivity index (χ2n) is 3.62. The summed E-state index contributed by atoms with van der Waals surface area (Å²) in [6.07, 6.45) is 4.38. The van der Waals surface area contributed by atoms with Crippen molar-refractivity contribution < 1.29 is 4.74 Å². The molecular formula is C12H15N3OS. The molecule has 17 heavy (non-hydrogen) atoms. The number of nitrogens with one attached hydrogen (secondary N) is 1. The standard InChI is InChI=1S/C12H15N3OS/c1-9-12(17-8-15-9)3-4-16-11-5-10(13-2)6-14-7-11/h5-8,13H,3-4H2,1-2H3. The van der Waals surface area contributed by atoms with Gasteiger partial charge >= 0.3 is 0 Å². The summed E-state index contributed by atoms with van der Waals surface area (Å²) in [5.74, 6) is 0.791. The molecule has 0 aliphatic rings. The van der Waals surface area contributed by atoms with E-state index in [0.717, 1.165) is 23.6 Å². The van der Waals surface area contributed by atoms with Crippen LogP contribution in [0, 0.1) is 6.92 Å². The van der Waals surface area contributed by atoms with Crippen LogP contribution < -0.4 is 10.1 Å². The number of anilines is 1. The maximum absolute atomic E-state index is 5.65. The first-order valence-corrected chi connectivity index (χ1v) is 6.32. The molecule has 0 amide bonds. The summed E-state index contributed by atoms with van der Waals surface area (Å²) in [6, 6.07) is 1.94. The zero-order chi connectivity index (χ0) is 12.1. The van der Waals surface area contributed by atoms with Crippen LogP contribution in [0.1, 0.15) is 10.6 Å². The minimum absolute atomic E-state index is 0.651. The highest BCUT2D eigenvalue weighted by molar-refractivity contribution is 7.09. The normalized spacial score (nSPS) is 10.2. The monoisotopic (exact) mass is 249 g/mol. The fourth-order valence-electron chi connectivity index (χ4n) is 1.46. The van der Waals surface area contributed by atoms with Gasteiger partial charge in [-0.3, -0.25) is 4.98 Å². The van der Waals surface area contributed by atoms with E-state index in [1.807, 2.05) is 25.5 Å². The number of thiazole rings is 1. The highest BCUT2D eigenvalue weighted by atomic mass is 32.1. The number of ether oxygens (including phenoxy) is 1. The first kappa shape index (κ1) is 11.9. The van der Waals surface area contributed by atoms with Gasteiger partial charge in [0, 0.05) is 24.4 Å². The third kappa shape index (κ3) is 3.17. The quantitative estimate of drug-likeness (QED) is 0.884. The predicted octanol–water partition coefficient (Wildman–Crippen LogP) is 2.51. The molecule has 0 bridgehead atoms. The van der Waals surface area contributed by atoms with Gasteiger partial charge in [-0.15, -0.1) is 11.3 Å². The van der Waals surface area contributed by atoms with Gasteiger partial charge in [0.15, 0.2) is 0 Å². The molecule has 90 valence electrons. The Labute approximate surface area is 105 Å². The molecular weight excluding hydrogens is 234 g/mol. The van der Waals surface area contributed by atoms with E-state index in [9.17, 15) is 0 Å². The van der Waals surface area contributed by atoms with Crippen molar-refractivity contribution in [3.8, 4) is 5.75 Å². The summed E-state index contributed by atoms with van der Waals surface area (Å²) in [4.78, 5) is 9.58. The van der Waals surface area contributed by atoms with Crippen molar-refractivity contribution in [3.05, 3.63) is 34.5 Å². The van der Waals surface area contributed by atoms with Gasteiger partial charge < -0.3 is 10.1 Å². The van der Waals surface area contributed by atoms with Gasteiger partial charge in [-0.25, -0.2) is 4.98 Å². The molecule has 0 saturated carbocycles. The van der Waals surface area contributed by atoms with Crippen LogP contribution in [-0.2, 0) is 6.42 Å². The molecule has 0 aromatic carbocycles. The number of pyridine rings is 1. The number of rotatable bonds is 5. The maximum Gasteiger partial charge on any atom is 0.139 e. The molecule has 0 unspecified atom stereocenters. The highest BCUT2D eigenvalue weighted by Crippen LogP contribution is 2.16. The predicted molar refractivity (Wildman–Crippen MR) is 69.8 cm³/mol. The van der Waals surface area contributed by atoms with Crippen molar-refractivity contribution in [3.63, 3.8) is 0 Å². The lowest BCUT2D eigenvalue weighted by molar-refractivity contribution is 0.321. The summed E-state index contributed by atoms with van der Waals surface area (Å²) < 4.78 is 5.65. The molecule has 2 aromatic heterocycles. The molecule has 0 radical (unpaired) electrons. The Morgan fingerprint density at radius 2 is 2.29 bits per heavy atom. The van der Waals surface area contributed by atoms with E-state index in [1.54, 1.807) is 23.7 Å². The lowest BCUT2D eigenvalue weighted by Crippen LogP contribution is -2.02. The molecule has 4 nitrogen and oxygen atoms in total. The third-order valence-corrected chi connectivity index (χ3v) is 3.44. The van der Waals surface area contributed by atoms with Crippen LogP contribution in [0.4, 0.5) is 5.69 Å². The molecule has 1 N–H and O–H groups in total. The van der Waals surface area contributed by atoms with Crippen molar-refractivity contribution in [1.29, 1.82) is 0 Å². The zero-order valence-corrected chi connectivity index (χ0v) is 10.8. The lowest BCUT2D eigenvalue weighted by atomic mass is 10.3. The summed E-state index contributed by atoms with van der Waals surface area (Å²) in [5.41, 5.74) is 3.92. The molecule has 2 rings (SSSR count). The van der Waals surface area contributed by atoms with E-state index in [4.69, 9.17) is 4.74 Å². The second kappa shape index (κ2) is 5.63. The molecule has 2 heterocycles. The van der Waals surface area contributed by atoms with Gasteiger partial charge in [0.25, 0.3) is 0 Å². The van der Waals surface area contributed by atoms with E-state index in [1.165, 1.54) is 4.88 Å². The van der Waals surface area contributed by atoms with Crippen molar-refractivity contribution in [2.45, 2.75) is 13.3 Å². The van der Waals surface area contributed by atoms with Crippen LogP contribution in [0.15, 0.2) is 24.0 Å². The van der Waals surface area contributed by atoms with Gasteiger partial charge in [-0.2, -0.15) is 0 Å². The van der Waals surface area contributed by atoms with Crippen LogP contribution in [0.2, 0.25) is 0 Å². The SMILES string of the molecule is CNc1cncc(OCCc2scnc2C)c1. The maximum atomic E-state index is 5.65. The first-order chi connectivity index (χ1) is 8.29. The number of hydrogen-bond donors (Lipinski definition) is 1. The Bertz CT molecular complexity index is 484. The first-order valence-electron chi connectivity index (χ1n) is 5.44. The molecule has 5 heteroatoms. The summed E-state index contributed by atoms with van der Waals surface area (Å²) in [7, 11) is 1.86. The second-order valence-corrected chi connectivity index (χ2v) is 4.56. The Morgan fingerprint density at radius 1 is 1.41 bits per heavy atom. The number of hydrogen-bond acceptors (Lipinski definition) is 5. The smallest absolute Gasteiger partial charge is 0.139 e. The van der Waals surface area contributed by atoms with E-state index in [2.05, 4.69) is 15.3 Å². The van der Waals surface area contributed by atoms with E-state index in [-0.39, 0.29) is 0 Å². The molecule has 0 fully saturated rings. The van der Waals surface area contributed by atoms with Crippen molar-refractivity contribution in [1.82, 2.24) is 9.97 Å². The largest absolute Gasteiger partial charge is 0.492 e. The molecule has 0 spiro atoms. The number of aromatic nitrogens is 2. The van der Waals surface area contributed by atoms with Gasteiger partial charge in [0.1, 0.15) is 5.75 Å². The van der Waals surface area contributed by atoms with Gasteiger partial charge in [0.2, 0.25) is 0 Å². The number of aryl methyl sites for hydroxylation is 1. The number of nitrogens with zero attached hydrogens (tertiary/aromatic N) is 2. The van der Waals surface area contributed by atoms with Crippen molar-refractivity contribution in [2.75, 3.05) is 19.0 Å². The van der Waals surface area contributed by atoms with Crippen LogP contribution in [0.5, 0.6) is 5.75 Å². The molecule has 0 aliphatic carbocycles. The lowest BCUT2D eigenvalue weighted by Gasteiger charge is -2.06. The van der Waals surface area contributed by atoms with Crippen molar-refractivity contribution >= 4 is 17.0 Å². The van der Waals surface area contributed by atoms with Crippen molar-refractivity contribution in [2.24, 2.45) is 0 Å². The fraction of sp³-hybridized carbons (Fsp3) is 0.333. The van der Waals surface area contributed by atoms with Gasteiger partial charge in [-0.05, 0) is 6.92 Å². The Balaban J connectivity index is 1.87. The topological polar surface area (TPSA) is 47.0 Å². The van der Waals surface area contributed by atoms with E-state index >= 15 is 0 Å². The van der Waals surface area contributed by atoms with Gasteiger partial charge in [-0.1, -0.05) is 0 Å². The van der Waals surface area contributed by atoms with E-state index < -0.39 is 0 Å². The summed E-state index contributed by atoms with van der Waals surface area (Å²) >= 11 is 1.67. The molecule has 0 atom stereocenters. The summed E-state index contributed by atoms with van der Waals surface area (Å²) in [5, 5.41) is 3.03. The van der Waals surface area contributed by atoms with Crippen LogP contribution in [-0.4, -0.2) is 23.6 Å². The molecule has 2 aromatic rings. The summed E-state index contributed by atoms with van der Waals surface area (Å²) in [6.45, 7) is 2.67. The fourth-order valence-corrected chi connectivity index (χ4v) is 2.22. The minimum atomic E-state index is 0.651. The third-order valence-electron chi connectivity index (χ3n) is 2.44. The van der Waals surface area contributed by atoms with Gasteiger partial charge in [0.05, 0.1) is 35.9 Å². The Hall–Kier alpha value is -1.62. The van der Waals surface area contributed by atoms with Crippen LogP contribution in [0.25, 0.3) is 0 Å². The highest BCUT2D eigenvalue weighted by Gasteiger charge is 2.02.